The Bertz CT molecular complexity index is 171. The third kappa shape index (κ3) is 1.89. The molecule has 0 amide bonds. The monoisotopic (exact) mass is 164 g/mol. The first-order valence-corrected chi connectivity index (χ1v) is 2.56. The Morgan fingerprint density at radius 2 is 2.50 bits per heavy atom. The molecule has 1 aromatic heterocycles. The van der Waals surface area contributed by atoms with Crippen molar-refractivity contribution in [3.63, 3.8) is 0 Å². The lowest BCUT2D eigenvalue weighted by atomic mass is 10.5. The topological polar surface area (TPSA) is 61.3 Å². The van der Waals surface area contributed by atoms with Gasteiger partial charge in [-0.15, -0.1) is 12.4 Å². The van der Waals surface area contributed by atoms with Gasteiger partial charge in [-0.1, -0.05) is 0 Å². The minimum atomic E-state index is 0. The van der Waals surface area contributed by atoms with Gasteiger partial charge in [-0.05, 0) is 5.16 Å². The van der Waals surface area contributed by atoms with Crippen LogP contribution in [0.25, 0.3) is 0 Å². The molecule has 1 aromatic rings. The first-order chi connectivity index (χ1) is 4.36. The minimum absolute atomic E-state index is 0. The Balaban J connectivity index is 0.000000810. The summed E-state index contributed by atoms with van der Waals surface area (Å²) in [5.41, 5.74) is 5.23. The second-order valence-corrected chi connectivity index (χ2v) is 1.54. The fourth-order valence-electron chi connectivity index (χ4n) is 0.486. The van der Waals surface area contributed by atoms with Crippen molar-refractivity contribution in [2.24, 2.45) is 5.73 Å². The Kier molecular flexibility index (Phi) is 3.83. The van der Waals surface area contributed by atoms with Crippen molar-refractivity contribution in [1.82, 2.24) is 5.16 Å². The van der Waals surface area contributed by atoms with Gasteiger partial charge in [0.2, 0.25) is 0 Å². The summed E-state index contributed by atoms with van der Waals surface area (Å²) in [5.74, 6) is 1.10. The minimum Gasteiger partial charge on any atom is -0.479 e. The highest BCUT2D eigenvalue weighted by molar-refractivity contribution is 5.85. The normalized spacial score (nSPS) is 8.60. The SMILES string of the molecule is COc1cc(CN)on1.Cl. The van der Waals surface area contributed by atoms with E-state index < -0.39 is 0 Å². The van der Waals surface area contributed by atoms with E-state index in [4.69, 9.17) is 15.0 Å². The highest BCUT2D eigenvalue weighted by Crippen LogP contribution is 2.08. The molecule has 1 heterocycles. The van der Waals surface area contributed by atoms with Gasteiger partial charge in [0.25, 0.3) is 5.88 Å². The standard InChI is InChI=1S/C5H8N2O2.ClH/c1-8-5-2-4(3-6)9-7-5;/h2H,3,6H2,1H3;1H. The molecule has 0 fully saturated rings. The number of aromatic nitrogens is 1. The molecular weight excluding hydrogens is 156 g/mol. The van der Waals surface area contributed by atoms with Gasteiger partial charge in [0.15, 0.2) is 5.76 Å². The van der Waals surface area contributed by atoms with Crippen molar-refractivity contribution in [1.29, 1.82) is 0 Å². The van der Waals surface area contributed by atoms with E-state index in [-0.39, 0.29) is 12.4 Å². The molecule has 5 heteroatoms. The third-order valence-electron chi connectivity index (χ3n) is 0.948. The fraction of sp³-hybridized carbons (Fsp3) is 0.400. The predicted octanol–water partition coefficient (Wildman–Crippen LogP) is 0.564. The zero-order valence-corrected chi connectivity index (χ0v) is 6.35. The van der Waals surface area contributed by atoms with Crippen LogP contribution in [0.3, 0.4) is 0 Å². The van der Waals surface area contributed by atoms with E-state index in [1.54, 1.807) is 6.07 Å². The second-order valence-electron chi connectivity index (χ2n) is 1.54. The van der Waals surface area contributed by atoms with Crippen LogP contribution in [-0.2, 0) is 6.54 Å². The van der Waals surface area contributed by atoms with E-state index in [0.717, 1.165) is 0 Å². The summed E-state index contributed by atoms with van der Waals surface area (Å²) in [5, 5.41) is 3.53. The summed E-state index contributed by atoms with van der Waals surface area (Å²) in [7, 11) is 1.53. The van der Waals surface area contributed by atoms with Gasteiger partial charge < -0.3 is 15.0 Å². The zero-order valence-electron chi connectivity index (χ0n) is 5.53. The summed E-state index contributed by atoms with van der Waals surface area (Å²) in [6.45, 7) is 0.357. The van der Waals surface area contributed by atoms with E-state index in [9.17, 15) is 0 Å². The Hall–Kier alpha value is -0.740. The number of nitrogens with two attached hydrogens (primary N) is 1. The van der Waals surface area contributed by atoms with Gasteiger partial charge in [-0.3, -0.25) is 0 Å². The third-order valence-corrected chi connectivity index (χ3v) is 0.948. The molecule has 0 unspecified atom stereocenters. The molecule has 0 spiro atoms. The zero-order chi connectivity index (χ0) is 6.69. The molecule has 0 saturated heterocycles. The predicted molar refractivity (Wildman–Crippen MR) is 38.2 cm³/mol. The summed E-state index contributed by atoms with van der Waals surface area (Å²) in [6, 6.07) is 1.65. The molecule has 4 nitrogen and oxygen atoms in total. The smallest absolute Gasteiger partial charge is 0.254 e. The van der Waals surface area contributed by atoms with Crippen LogP contribution in [0, 0.1) is 0 Å². The summed E-state index contributed by atoms with van der Waals surface area (Å²) >= 11 is 0. The van der Waals surface area contributed by atoms with Crippen LogP contribution in [0.2, 0.25) is 0 Å². The van der Waals surface area contributed by atoms with Crippen LogP contribution < -0.4 is 10.5 Å². The van der Waals surface area contributed by atoms with Gasteiger partial charge in [0.05, 0.1) is 13.7 Å². The average Bonchev–Trinajstić information content (AvgIpc) is 2.34. The van der Waals surface area contributed by atoms with E-state index in [0.29, 0.717) is 18.2 Å². The molecule has 0 aromatic carbocycles. The number of rotatable bonds is 2. The van der Waals surface area contributed by atoms with Crippen LogP contribution in [-0.4, -0.2) is 12.3 Å². The van der Waals surface area contributed by atoms with Crippen molar-refractivity contribution < 1.29 is 9.26 Å². The quantitative estimate of drug-likeness (QED) is 0.694. The second kappa shape index (κ2) is 4.14. The molecule has 2 N–H and O–H groups in total. The lowest BCUT2D eigenvalue weighted by Gasteiger charge is -1.83. The molecule has 1 rings (SSSR count). The van der Waals surface area contributed by atoms with Crippen LogP contribution >= 0.6 is 12.4 Å². The molecule has 0 aliphatic heterocycles. The van der Waals surface area contributed by atoms with Gasteiger partial charge in [0, 0.05) is 6.07 Å². The molecule has 0 aliphatic rings. The van der Waals surface area contributed by atoms with E-state index >= 15 is 0 Å². The fourth-order valence-corrected chi connectivity index (χ4v) is 0.486. The molecule has 0 atom stereocenters. The maximum atomic E-state index is 5.23. The maximum Gasteiger partial charge on any atom is 0.254 e. The molecule has 58 valence electrons. The number of ether oxygens (including phenoxy) is 1. The first kappa shape index (κ1) is 9.26. The molecule has 0 saturated carbocycles. The number of methoxy groups -OCH3 is 1. The van der Waals surface area contributed by atoms with Crippen molar-refractivity contribution in [2.45, 2.75) is 6.54 Å². The summed E-state index contributed by atoms with van der Waals surface area (Å²) in [4.78, 5) is 0. The van der Waals surface area contributed by atoms with Crippen molar-refractivity contribution in [3.05, 3.63) is 11.8 Å². The first-order valence-electron chi connectivity index (χ1n) is 2.56. The number of nitrogens with zero attached hydrogens (tertiary/aromatic N) is 1. The van der Waals surface area contributed by atoms with Crippen LogP contribution in [0.4, 0.5) is 0 Å². The number of hydrogen-bond acceptors (Lipinski definition) is 4. The van der Waals surface area contributed by atoms with Gasteiger partial charge >= 0.3 is 0 Å². The molecule has 0 radical (unpaired) electrons. The number of halogens is 1. The summed E-state index contributed by atoms with van der Waals surface area (Å²) < 4.78 is 9.44. The van der Waals surface area contributed by atoms with Crippen molar-refractivity contribution in [2.75, 3.05) is 7.11 Å². The van der Waals surface area contributed by atoms with Crippen LogP contribution in [0.15, 0.2) is 10.6 Å². The summed E-state index contributed by atoms with van der Waals surface area (Å²) in [6.07, 6.45) is 0. The maximum absolute atomic E-state index is 5.23. The highest BCUT2D eigenvalue weighted by Gasteiger charge is 1.98. The van der Waals surface area contributed by atoms with Gasteiger partial charge in [-0.25, -0.2) is 0 Å². The Morgan fingerprint density at radius 1 is 1.80 bits per heavy atom. The van der Waals surface area contributed by atoms with Gasteiger partial charge in [-0.2, -0.15) is 0 Å². The Morgan fingerprint density at radius 3 is 2.80 bits per heavy atom. The Labute approximate surface area is 64.7 Å². The molecular formula is C5H9ClN2O2. The molecule has 10 heavy (non-hydrogen) atoms. The van der Waals surface area contributed by atoms with Crippen molar-refractivity contribution >= 4 is 12.4 Å². The average molecular weight is 165 g/mol. The molecule has 0 bridgehead atoms. The van der Waals surface area contributed by atoms with E-state index in [2.05, 4.69) is 5.16 Å². The van der Waals surface area contributed by atoms with Crippen LogP contribution in [0.5, 0.6) is 5.88 Å². The lowest BCUT2D eigenvalue weighted by Crippen LogP contribution is -1.92. The van der Waals surface area contributed by atoms with Gasteiger partial charge in [0.1, 0.15) is 0 Å². The van der Waals surface area contributed by atoms with Crippen LogP contribution in [0.1, 0.15) is 5.76 Å². The largest absolute Gasteiger partial charge is 0.479 e. The highest BCUT2D eigenvalue weighted by atomic mass is 35.5. The van der Waals surface area contributed by atoms with E-state index in [1.165, 1.54) is 7.11 Å². The lowest BCUT2D eigenvalue weighted by molar-refractivity contribution is 0.327. The number of hydrogen-bond donors (Lipinski definition) is 1. The molecule has 0 aliphatic carbocycles. The van der Waals surface area contributed by atoms with Crippen molar-refractivity contribution in [3.8, 4) is 5.88 Å². The van der Waals surface area contributed by atoms with E-state index in [1.807, 2.05) is 0 Å².